The van der Waals surface area contributed by atoms with Gasteiger partial charge in [0, 0.05) is 4.88 Å². The van der Waals surface area contributed by atoms with Crippen LogP contribution in [-0.2, 0) is 12.8 Å². The molecule has 0 saturated carbocycles. The van der Waals surface area contributed by atoms with Crippen molar-refractivity contribution in [2.24, 2.45) is 0 Å². The van der Waals surface area contributed by atoms with E-state index in [0.717, 1.165) is 29.2 Å². The highest BCUT2D eigenvalue weighted by molar-refractivity contribution is 7.15. The molecule has 1 heterocycles. The number of anilines is 2. The molecule has 1 N–H and O–H groups in total. The summed E-state index contributed by atoms with van der Waals surface area (Å²) < 4.78 is 0. The Bertz CT molecular complexity index is 628. The number of rotatable bonds is 2. The number of nitrogens with zero attached hydrogens (tertiary/aromatic N) is 2. The molecule has 0 spiro atoms. The fourth-order valence-corrected chi connectivity index (χ4v) is 3.49. The number of nitriles is 1. The number of aryl methyl sites for hydroxylation is 3. The number of hydrogen-bond acceptors (Lipinski definition) is 4. The van der Waals surface area contributed by atoms with E-state index in [-0.39, 0.29) is 0 Å². The van der Waals surface area contributed by atoms with Gasteiger partial charge >= 0.3 is 0 Å². The Hall–Kier alpha value is -1.86. The van der Waals surface area contributed by atoms with Crippen molar-refractivity contribution in [3.8, 4) is 6.07 Å². The molecule has 1 aromatic heterocycles. The Morgan fingerprint density at radius 2 is 2.16 bits per heavy atom. The zero-order chi connectivity index (χ0) is 13.2. The molecule has 0 radical (unpaired) electrons. The Labute approximate surface area is 116 Å². The summed E-state index contributed by atoms with van der Waals surface area (Å²) in [7, 11) is 0. The van der Waals surface area contributed by atoms with E-state index >= 15 is 0 Å². The third kappa shape index (κ3) is 2.34. The predicted octanol–water partition coefficient (Wildman–Crippen LogP) is 3.95. The Morgan fingerprint density at radius 3 is 2.95 bits per heavy atom. The van der Waals surface area contributed by atoms with Crippen molar-refractivity contribution in [1.82, 2.24) is 4.98 Å². The van der Waals surface area contributed by atoms with Gasteiger partial charge in [0.15, 0.2) is 5.13 Å². The normalized spacial score (nSPS) is 13.7. The van der Waals surface area contributed by atoms with Crippen LogP contribution >= 0.6 is 11.3 Å². The van der Waals surface area contributed by atoms with Gasteiger partial charge in [0.05, 0.1) is 16.9 Å². The monoisotopic (exact) mass is 269 g/mol. The third-order valence-corrected chi connectivity index (χ3v) is 4.54. The molecule has 0 atom stereocenters. The second kappa shape index (κ2) is 5.02. The Balaban J connectivity index is 1.94. The second-order valence-electron chi connectivity index (χ2n) is 4.83. The zero-order valence-corrected chi connectivity index (χ0v) is 11.7. The quantitative estimate of drug-likeness (QED) is 0.898. The zero-order valence-electron chi connectivity index (χ0n) is 10.9. The van der Waals surface area contributed by atoms with Crippen molar-refractivity contribution in [3.05, 3.63) is 39.9 Å². The molecule has 0 fully saturated rings. The number of aromatic nitrogens is 1. The standard InChI is InChI=1S/C15H15N3S/c1-10-5-4-6-11(9-16)14(10)18-15-17-12-7-2-3-8-13(12)19-15/h4-6H,2-3,7-8H2,1H3,(H,17,18). The van der Waals surface area contributed by atoms with E-state index in [1.807, 2.05) is 25.1 Å². The van der Waals surface area contributed by atoms with Crippen molar-refractivity contribution in [2.75, 3.05) is 5.32 Å². The van der Waals surface area contributed by atoms with Gasteiger partial charge in [0.1, 0.15) is 6.07 Å². The molecular formula is C15H15N3S. The first-order valence-electron chi connectivity index (χ1n) is 6.53. The minimum absolute atomic E-state index is 0.674. The van der Waals surface area contributed by atoms with Crippen LogP contribution in [0.1, 0.15) is 34.5 Å². The lowest BCUT2D eigenvalue weighted by Crippen LogP contribution is -1.99. The molecule has 0 saturated heterocycles. The minimum atomic E-state index is 0.674. The van der Waals surface area contributed by atoms with Gasteiger partial charge in [0.25, 0.3) is 0 Å². The topological polar surface area (TPSA) is 48.7 Å². The molecule has 0 aliphatic heterocycles. The van der Waals surface area contributed by atoms with E-state index in [9.17, 15) is 5.26 Å². The van der Waals surface area contributed by atoms with Crippen molar-refractivity contribution < 1.29 is 0 Å². The van der Waals surface area contributed by atoms with Gasteiger partial charge < -0.3 is 5.32 Å². The maximum absolute atomic E-state index is 9.18. The molecule has 1 aliphatic carbocycles. The van der Waals surface area contributed by atoms with E-state index < -0.39 is 0 Å². The van der Waals surface area contributed by atoms with Crippen LogP contribution in [0.4, 0.5) is 10.8 Å². The summed E-state index contributed by atoms with van der Waals surface area (Å²) in [5, 5.41) is 13.4. The summed E-state index contributed by atoms with van der Waals surface area (Å²) in [6, 6.07) is 7.99. The Kier molecular flexibility index (Phi) is 3.22. The van der Waals surface area contributed by atoms with E-state index in [2.05, 4.69) is 16.4 Å². The summed E-state index contributed by atoms with van der Waals surface area (Å²) in [4.78, 5) is 6.06. The lowest BCUT2D eigenvalue weighted by molar-refractivity contribution is 0.683. The summed E-state index contributed by atoms with van der Waals surface area (Å²) in [6.07, 6.45) is 4.74. The highest BCUT2D eigenvalue weighted by atomic mass is 32.1. The SMILES string of the molecule is Cc1cccc(C#N)c1Nc1nc2c(s1)CCCC2. The lowest BCUT2D eigenvalue weighted by Gasteiger charge is -2.08. The fourth-order valence-electron chi connectivity index (χ4n) is 2.44. The average molecular weight is 269 g/mol. The molecule has 2 aromatic rings. The molecular weight excluding hydrogens is 254 g/mol. The highest BCUT2D eigenvalue weighted by Crippen LogP contribution is 2.32. The number of fused-ring (bicyclic) bond motifs is 1. The molecule has 3 nitrogen and oxygen atoms in total. The van der Waals surface area contributed by atoms with Gasteiger partial charge in [0.2, 0.25) is 0 Å². The van der Waals surface area contributed by atoms with Crippen LogP contribution in [0.15, 0.2) is 18.2 Å². The van der Waals surface area contributed by atoms with Gasteiger partial charge in [-0.05, 0) is 44.2 Å². The first-order valence-corrected chi connectivity index (χ1v) is 7.35. The largest absolute Gasteiger partial charge is 0.330 e. The van der Waals surface area contributed by atoms with Crippen LogP contribution in [-0.4, -0.2) is 4.98 Å². The lowest BCUT2D eigenvalue weighted by atomic mass is 10.0. The van der Waals surface area contributed by atoms with Gasteiger partial charge in [-0.25, -0.2) is 4.98 Å². The van der Waals surface area contributed by atoms with Gasteiger partial charge in [-0.3, -0.25) is 0 Å². The number of hydrogen-bond donors (Lipinski definition) is 1. The molecule has 0 unspecified atom stereocenters. The van der Waals surface area contributed by atoms with Crippen molar-refractivity contribution >= 4 is 22.2 Å². The van der Waals surface area contributed by atoms with Crippen LogP contribution in [0.3, 0.4) is 0 Å². The van der Waals surface area contributed by atoms with Crippen LogP contribution in [0.5, 0.6) is 0 Å². The Morgan fingerprint density at radius 1 is 1.32 bits per heavy atom. The summed E-state index contributed by atoms with van der Waals surface area (Å²) >= 11 is 1.73. The summed E-state index contributed by atoms with van der Waals surface area (Å²) in [5.74, 6) is 0. The molecule has 3 rings (SSSR count). The van der Waals surface area contributed by atoms with Gasteiger partial charge in [-0.2, -0.15) is 5.26 Å². The fraction of sp³-hybridized carbons (Fsp3) is 0.333. The third-order valence-electron chi connectivity index (χ3n) is 3.47. The molecule has 1 aliphatic rings. The van der Waals surface area contributed by atoms with Crippen molar-refractivity contribution in [1.29, 1.82) is 5.26 Å². The van der Waals surface area contributed by atoms with E-state index in [1.54, 1.807) is 11.3 Å². The van der Waals surface area contributed by atoms with Crippen molar-refractivity contribution in [3.63, 3.8) is 0 Å². The highest BCUT2D eigenvalue weighted by Gasteiger charge is 2.16. The second-order valence-corrected chi connectivity index (χ2v) is 5.91. The van der Waals surface area contributed by atoms with E-state index in [1.165, 1.54) is 23.4 Å². The predicted molar refractivity (Wildman–Crippen MR) is 77.9 cm³/mol. The molecule has 96 valence electrons. The number of thiazole rings is 1. The summed E-state index contributed by atoms with van der Waals surface area (Å²) in [6.45, 7) is 2.01. The maximum Gasteiger partial charge on any atom is 0.187 e. The molecule has 19 heavy (non-hydrogen) atoms. The number of benzene rings is 1. The van der Waals surface area contributed by atoms with Crippen LogP contribution in [0.2, 0.25) is 0 Å². The van der Waals surface area contributed by atoms with Gasteiger partial charge in [-0.1, -0.05) is 12.1 Å². The van der Waals surface area contributed by atoms with Gasteiger partial charge in [-0.15, -0.1) is 11.3 Å². The molecule has 0 bridgehead atoms. The number of para-hydroxylation sites is 1. The summed E-state index contributed by atoms with van der Waals surface area (Å²) in [5.41, 5.74) is 3.88. The van der Waals surface area contributed by atoms with Crippen LogP contribution in [0, 0.1) is 18.3 Å². The van der Waals surface area contributed by atoms with E-state index in [0.29, 0.717) is 5.56 Å². The van der Waals surface area contributed by atoms with Crippen LogP contribution in [0.25, 0.3) is 0 Å². The maximum atomic E-state index is 9.18. The molecule has 1 aromatic carbocycles. The van der Waals surface area contributed by atoms with E-state index in [4.69, 9.17) is 0 Å². The number of nitrogens with one attached hydrogen (secondary N) is 1. The smallest absolute Gasteiger partial charge is 0.187 e. The first-order chi connectivity index (χ1) is 9.28. The first kappa shape index (κ1) is 12.2. The molecule has 4 heteroatoms. The van der Waals surface area contributed by atoms with Crippen molar-refractivity contribution in [2.45, 2.75) is 32.6 Å². The van der Waals surface area contributed by atoms with Crippen LogP contribution < -0.4 is 5.32 Å². The minimum Gasteiger partial charge on any atom is -0.330 e. The molecule has 0 amide bonds. The average Bonchev–Trinajstić information content (AvgIpc) is 2.83.